The third-order valence-electron chi connectivity index (χ3n) is 3.93. The summed E-state index contributed by atoms with van der Waals surface area (Å²) in [5.74, 6) is -1.67. The van der Waals surface area contributed by atoms with Crippen LogP contribution in [-0.4, -0.2) is 22.8 Å². The fraction of sp³-hybridized carbons (Fsp3) is 0.0556. The molecule has 136 valence electrons. The van der Waals surface area contributed by atoms with E-state index in [9.17, 15) is 24.5 Å². The van der Waals surface area contributed by atoms with Gasteiger partial charge in [-0.05, 0) is 42.8 Å². The van der Waals surface area contributed by atoms with Gasteiger partial charge in [0.25, 0.3) is 17.5 Å². The van der Waals surface area contributed by atoms with Crippen molar-refractivity contribution < 1.29 is 19.3 Å². The zero-order chi connectivity index (χ0) is 19.7. The number of nitro groups is 1. The average molecular weight is 430 g/mol. The molecule has 2 aromatic rings. The van der Waals surface area contributed by atoms with Crippen LogP contribution >= 0.6 is 15.9 Å². The highest BCUT2D eigenvalue weighted by Crippen LogP contribution is 2.25. The van der Waals surface area contributed by atoms with E-state index in [1.165, 1.54) is 18.2 Å². The molecular weight excluding hydrogens is 418 g/mol. The predicted octanol–water partition coefficient (Wildman–Crippen LogP) is 3.33. The molecule has 27 heavy (non-hydrogen) atoms. The molecule has 0 spiro atoms. The Bertz CT molecular complexity index is 1010. The van der Waals surface area contributed by atoms with Crippen molar-refractivity contribution in [2.24, 2.45) is 0 Å². The van der Waals surface area contributed by atoms with E-state index in [0.29, 0.717) is 11.1 Å². The number of nitro benzene ring substituents is 1. The molecule has 0 atom stereocenters. The average Bonchev–Trinajstić information content (AvgIpc) is 2.61. The second kappa shape index (κ2) is 7.12. The van der Waals surface area contributed by atoms with Gasteiger partial charge >= 0.3 is 6.03 Å². The second-order valence-corrected chi connectivity index (χ2v) is 6.65. The molecule has 1 heterocycles. The number of carbonyl (C=O) groups is 3. The Kier molecular flexibility index (Phi) is 4.87. The van der Waals surface area contributed by atoms with Crippen molar-refractivity contribution in [1.82, 2.24) is 5.32 Å². The maximum absolute atomic E-state index is 12.8. The number of anilines is 1. The molecule has 0 unspecified atom stereocenters. The molecule has 0 bridgehead atoms. The summed E-state index contributed by atoms with van der Waals surface area (Å²) in [6.07, 6.45) is 1.22. The molecule has 1 aliphatic rings. The van der Waals surface area contributed by atoms with Crippen LogP contribution in [-0.2, 0) is 9.59 Å². The molecule has 3 rings (SSSR count). The van der Waals surface area contributed by atoms with Gasteiger partial charge in [-0.15, -0.1) is 0 Å². The van der Waals surface area contributed by atoms with Gasteiger partial charge in [-0.1, -0.05) is 28.1 Å². The minimum absolute atomic E-state index is 0.131. The van der Waals surface area contributed by atoms with Crippen LogP contribution in [0.15, 0.2) is 52.5 Å². The molecule has 0 aromatic heterocycles. The Morgan fingerprint density at radius 3 is 2.41 bits per heavy atom. The fourth-order valence-corrected chi connectivity index (χ4v) is 2.83. The van der Waals surface area contributed by atoms with E-state index < -0.39 is 22.8 Å². The van der Waals surface area contributed by atoms with Crippen LogP contribution in [0, 0.1) is 17.0 Å². The quantitative estimate of drug-likeness (QED) is 0.348. The van der Waals surface area contributed by atoms with E-state index >= 15 is 0 Å². The van der Waals surface area contributed by atoms with Gasteiger partial charge in [-0.3, -0.25) is 25.0 Å². The lowest BCUT2D eigenvalue weighted by molar-refractivity contribution is -0.385. The van der Waals surface area contributed by atoms with E-state index in [0.717, 1.165) is 9.37 Å². The first-order valence-corrected chi connectivity index (χ1v) is 8.49. The Morgan fingerprint density at radius 2 is 1.78 bits per heavy atom. The van der Waals surface area contributed by atoms with Gasteiger partial charge in [-0.25, -0.2) is 9.69 Å². The third kappa shape index (κ3) is 3.63. The first-order chi connectivity index (χ1) is 12.8. The van der Waals surface area contributed by atoms with Crippen molar-refractivity contribution in [2.45, 2.75) is 6.92 Å². The summed E-state index contributed by atoms with van der Waals surface area (Å²) in [5, 5.41) is 13.2. The van der Waals surface area contributed by atoms with Crippen LogP contribution in [0.5, 0.6) is 0 Å². The molecular formula is C18H12BrN3O5. The predicted molar refractivity (Wildman–Crippen MR) is 101 cm³/mol. The molecule has 2 aromatic carbocycles. The van der Waals surface area contributed by atoms with E-state index in [2.05, 4.69) is 21.2 Å². The number of amides is 4. The number of barbiturate groups is 1. The van der Waals surface area contributed by atoms with Crippen LogP contribution in [0.1, 0.15) is 11.1 Å². The first kappa shape index (κ1) is 18.5. The SMILES string of the molecule is Cc1ccc(/C=C2/C(=O)NC(=O)N(c3ccc(Br)cc3)C2=O)cc1[N+](=O)[O-]. The summed E-state index contributed by atoms with van der Waals surface area (Å²) >= 11 is 3.27. The van der Waals surface area contributed by atoms with Gasteiger partial charge in [0, 0.05) is 16.1 Å². The Morgan fingerprint density at radius 1 is 1.11 bits per heavy atom. The van der Waals surface area contributed by atoms with Crippen molar-refractivity contribution in [3.8, 4) is 0 Å². The van der Waals surface area contributed by atoms with Gasteiger partial charge in [0.05, 0.1) is 10.6 Å². The standard InChI is InChI=1S/C18H12BrN3O5/c1-10-2-3-11(9-15(10)22(26)27)8-14-16(23)20-18(25)21(17(14)24)13-6-4-12(19)5-7-13/h2-9H,1H3,(H,20,23,25)/b14-8-. The smallest absolute Gasteiger partial charge is 0.273 e. The van der Waals surface area contributed by atoms with Gasteiger partial charge in [0.2, 0.25) is 0 Å². The number of hydrogen-bond acceptors (Lipinski definition) is 5. The number of hydrogen-bond donors (Lipinski definition) is 1. The third-order valence-corrected chi connectivity index (χ3v) is 4.46. The van der Waals surface area contributed by atoms with Crippen molar-refractivity contribution in [2.75, 3.05) is 4.90 Å². The number of nitrogens with zero attached hydrogens (tertiary/aromatic N) is 2. The maximum atomic E-state index is 12.8. The lowest BCUT2D eigenvalue weighted by atomic mass is 10.0. The molecule has 8 nitrogen and oxygen atoms in total. The number of urea groups is 1. The highest BCUT2D eigenvalue weighted by atomic mass is 79.9. The van der Waals surface area contributed by atoms with Crippen molar-refractivity contribution >= 4 is 51.2 Å². The topological polar surface area (TPSA) is 110 Å². The first-order valence-electron chi connectivity index (χ1n) is 7.70. The van der Waals surface area contributed by atoms with E-state index in [-0.39, 0.29) is 16.9 Å². The van der Waals surface area contributed by atoms with E-state index in [1.807, 2.05) is 0 Å². The minimum Gasteiger partial charge on any atom is -0.273 e. The molecule has 0 aliphatic carbocycles. The molecule has 0 saturated carbocycles. The zero-order valence-corrected chi connectivity index (χ0v) is 15.5. The van der Waals surface area contributed by atoms with E-state index in [4.69, 9.17) is 0 Å². The summed E-state index contributed by atoms with van der Waals surface area (Å²) in [6, 6.07) is 9.88. The van der Waals surface area contributed by atoms with Crippen LogP contribution in [0.2, 0.25) is 0 Å². The van der Waals surface area contributed by atoms with Crippen LogP contribution in [0.3, 0.4) is 0 Å². The maximum Gasteiger partial charge on any atom is 0.335 e. The monoisotopic (exact) mass is 429 g/mol. The minimum atomic E-state index is -0.862. The zero-order valence-electron chi connectivity index (χ0n) is 13.9. The lowest BCUT2D eigenvalue weighted by Crippen LogP contribution is -2.54. The van der Waals surface area contributed by atoms with Crippen molar-refractivity contribution in [3.63, 3.8) is 0 Å². The normalized spacial score (nSPS) is 15.9. The number of imide groups is 2. The summed E-state index contributed by atoms with van der Waals surface area (Å²) in [5.41, 5.74) is 0.614. The number of halogens is 1. The van der Waals surface area contributed by atoms with Crippen LogP contribution in [0.25, 0.3) is 6.08 Å². The lowest BCUT2D eigenvalue weighted by Gasteiger charge is -2.26. The number of rotatable bonds is 3. The summed E-state index contributed by atoms with van der Waals surface area (Å²) in [7, 11) is 0. The van der Waals surface area contributed by atoms with Crippen molar-refractivity contribution in [1.29, 1.82) is 0 Å². The molecule has 1 fully saturated rings. The van der Waals surface area contributed by atoms with Gasteiger partial charge in [-0.2, -0.15) is 0 Å². The summed E-state index contributed by atoms with van der Waals surface area (Å²) in [6.45, 7) is 1.58. The highest BCUT2D eigenvalue weighted by molar-refractivity contribution is 9.10. The van der Waals surface area contributed by atoms with Crippen LogP contribution in [0.4, 0.5) is 16.2 Å². The largest absolute Gasteiger partial charge is 0.335 e. The Balaban J connectivity index is 2.03. The Labute approximate surface area is 161 Å². The van der Waals surface area contributed by atoms with E-state index in [1.54, 1.807) is 37.3 Å². The highest BCUT2D eigenvalue weighted by Gasteiger charge is 2.36. The molecule has 9 heteroatoms. The van der Waals surface area contributed by atoms with Gasteiger partial charge in [0.15, 0.2) is 0 Å². The molecule has 1 aliphatic heterocycles. The fourth-order valence-electron chi connectivity index (χ4n) is 2.56. The second-order valence-electron chi connectivity index (χ2n) is 5.74. The summed E-state index contributed by atoms with van der Waals surface area (Å²) in [4.78, 5) is 48.4. The van der Waals surface area contributed by atoms with Gasteiger partial charge in [0.1, 0.15) is 5.57 Å². The molecule has 1 saturated heterocycles. The number of carbonyl (C=O) groups excluding carboxylic acids is 3. The summed E-state index contributed by atoms with van der Waals surface area (Å²) < 4.78 is 0.759. The van der Waals surface area contributed by atoms with Gasteiger partial charge < -0.3 is 0 Å². The number of nitrogens with one attached hydrogen (secondary N) is 1. The number of aryl methyl sites for hydroxylation is 1. The van der Waals surface area contributed by atoms with Crippen molar-refractivity contribution in [3.05, 3.63) is 73.8 Å². The molecule has 4 amide bonds. The number of benzene rings is 2. The Hall–Kier alpha value is -3.33. The molecule has 1 N–H and O–H groups in total. The van der Waals surface area contributed by atoms with Crippen LogP contribution < -0.4 is 10.2 Å². The molecule has 0 radical (unpaired) electrons.